The fraction of sp³-hybridized carbons (Fsp3) is 0.385. The third-order valence-electron chi connectivity index (χ3n) is 2.76. The van der Waals surface area contributed by atoms with Gasteiger partial charge in [-0.05, 0) is 12.5 Å². The lowest BCUT2D eigenvalue weighted by molar-refractivity contribution is -0.149. The van der Waals surface area contributed by atoms with Crippen LogP contribution in [0, 0.1) is 0 Å². The number of carbonyl (C=O) groups is 2. The van der Waals surface area contributed by atoms with Gasteiger partial charge in [-0.1, -0.05) is 30.3 Å². The fourth-order valence-electron chi connectivity index (χ4n) is 1.70. The van der Waals surface area contributed by atoms with Crippen molar-refractivity contribution in [3.63, 3.8) is 0 Å². The van der Waals surface area contributed by atoms with Crippen molar-refractivity contribution in [3.05, 3.63) is 35.9 Å². The van der Waals surface area contributed by atoms with Gasteiger partial charge in [-0.3, -0.25) is 4.79 Å². The predicted octanol–water partition coefficient (Wildman–Crippen LogP) is 0.488. The van der Waals surface area contributed by atoms with Gasteiger partial charge in [0.2, 0.25) is 5.91 Å². The molecule has 0 radical (unpaired) electrons. The van der Waals surface area contributed by atoms with Gasteiger partial charge in [0.1, 0.15) is 6.04 Å². The summed E-state index contributed by atoms with van der Waals surface area (Å²) in [4.78, 5) is 24.1. The molecule has 18 heavy (non-hydrogen) atoms. The smallest absolute Gasteiger partial charge is 0.326 e. The van der Waals surface area contributed by atoms with Crippen LogP contribution in [0.1, 0.15) is 12.5 Å². The molecular formula is C13H18N2O3. The van der Waals surface area contributed by atoms with Crippen LogP contribution in [0.3, 0.4) is 0 Å². The number of benzene rings is 1. The molecule has 5 heteroatoms. The zero-order valence-electron chi connectivity index (χ0n) is 10.5. The van der Waals surface area contributed by atoms with Gasteiger partial charge in [-0.2, -0.15) is 0 Å². The van der Waals surface area contributed by atoms with E-state index in [1.54, 1.807) is 6.92 Å². The van der Waals surface area contributed by atoms with Gasteiger partial charge >= 0.3 is 5.97 Å². The number of hydrogen-bond donors (Lipinski definition) is 2. The molecule has 0 bridgehead atoms. The normalized spacial score (nSPS) is 13.7. The number of likely N-dealkylation sites (N-methyl/N-ethyl adjacent to an activating group) is 1. The molecule has 0 aliphatic heterocycles. The molecule has 1 aromatic rings. The van der Waals surface area contributed by atoms with Crippen molar-refractivity contribution >= 4 is 11.9 Å². The summed E-state index contributed by atoms with van der Waals surface area (Å²) in [5, 5.41) is 9.20. The van der Waals surface area contributed by atoms with Gasteiger partial charge < -0.3 is 15.7 Å². The SMILES string of the molecule is C[C@H](N)C(=O)N(C)[C@@H](Cc1ccccc1)C(=O)O. The van der Waals surface area contributed by atoms with Gasteiger partial charge in [0.25, 0.3) is 0 Å². The predicted molar refractivity (Wildman–Crippen MR) is 68.0 cm³/mol. The Kier molecular flexibility index (Phi) is 4.85. The van der Waals surface area contributed by atoms with E-state index in [0.717, 1.165) is 5.56 Å². The molecule has 1 aromatic carbocycles. The average molecular weight is 250 g/mol. The monoisotopic (exact) mass is 250 g/mol. The van der Waals surface area contributed by atoms with Crippen LogP contribution < -0.4 is 5.73 Å². The molecule has 0 saturated carbocycles. The number of rotatable bonds is 5. The van der Waals surface area contributed by atoms with E-state index < -0.39 is 18.1 Å². The standard InChI is InChI=1S/C13H18N2O3/c1-9(14)12(16)15(2)11(13(17)18)8-10-6-4-3-5-7-10/h3-7,9,11H,8,14H2,1-2H3,(H,17,18)/t9-,11-/m0/s1. The highest BCUT2D eigenvalue weighted by Crippen LogP contribution is 2.09. The fourth-order valence-corrected chi connectivity index (χ4v) is 1.70. The van der Waals surface area contributed by atoms with Crippen LogP contribution >= 0.6 is 0 Å². The van der Waals surface area contributed by atoms with Crippen LogP contribution in [-0.4, -0.2) is 41.0 Å². The maximum atomic E-state index is 11.7. The number of hydrogen-bond acceptors (Lipinski definition) is 3. The van der Waals surface area contributed by atoms with Crippen molar-refractivity contribution in [2.75, 3.05) is 7.05 Å². The highest BCUT2D eigenvalue weighted by molar-refractivity contribution is 5.86. The lowest BCUT2D eigenvalue weighted by atomic mass is 10.0. The van der Waals surface area contributed by atoms with Gasteiger partial charge in [0.15, 0.2) is 0 Å². The summed E-state index contributed by atoms with van der Waals surface area (Å²) < 4.78 is 0. The summed E-state index contributed by atoms with van der Waals surface area (Å²) in [5.74, 6) is -1.41. The molecule has 0 saturated heterocycles. The van der Waals surface area contributed by atoms with Crippen molar-refractivity contribution in [1.82, 2.24) is 4.90 Å². The van der Waals surface area contributed by atoms with Gasteiger partial charge in [-0.25, -0.2) is 4.79 Å². The van der Waals surface area contributed by atoms with Crippen LogP contribution in [-0.2, 0) is 16.0 Å². The first-order valence-electron chi connectivity index (χ1n) is 5.72. The number of carbonyl (C=O) groups excluding carboxylic acids is 1. The summed E-state index contributed by atoms with van der Waals surface area (Å²) in [6, 6.07) is 7.60. The van der Waals surface area contributed by atoms with Crippen LogP contribution in [0.5, 0.6) is 0 Å². The summed E-state index contributed by atoms with van der Waals surface area (Å²) in [6.07, 6.45) is 0.269. The molecule has 0 spiro atoms. The minimum absolute atomic E-state index is 0.269. The summed E-state index contributed by atoms with van der Waals surface area (Å²) in [5.41, 5.74) is 6.35. The van der Waals surface area contributed by atoms with Crippen LogP contribution in [0.25, 0.3) is 0 Å². The van der Waals surface area contributed by atoms with Gasteiger partial charge in [0.05, 0.1) is 6.04 Å². The molecule has 0 unspecified atom stereocenters. The third kappa shape index (κ3) is 3.56. The first-order chi connectivity index (χ1) is 8.43. The number of nitrogens with two attached hydrogens (primary N) is 1. The highest BCUT2D eigenvalue weighted by Gasteiger charge is 2.28. The number of aliphatic carboxylic acids is 1. The molecule has 1 amide bonds. The largest absolute Gasteiger partial charge is 0.480 e. The Morgan fingerprint density at radius 2 is 1.89 bits per heavy atom. The van der Waals surface area contributed by atoms with Crippen molar-refractivity contribution in [3.8, 4) is 0 Å². The Hall–Kier alpha value is -1.88. The van der Waals surface area contributed by atoms with Crippen LogP contribution in [0.4, 0.5) is 0 Å². The van der Waals surface area contributed by atoms with E-state index in [1.807, 2.05) is 30.3 Å². The topological polar surface area (TPSA) is 83.6 Å². The number of carboxylic acids is 1. The quantitative estimate of drug-likeness (QED) is 0.796. The molecule has 98 valence electrons. The van der Waals surface area contributed by atoms with E-state index in [9.17, 15) is 14.7 Å². The number of amides is 1. The maximum Gasteiger partial charge on any atom is 0.326 e. The molecule has 0 aliphatic carbocycles. The van der Waals surface area contributed by atoms with Crippen LogP contribution in [0.2, 0.25) is 0 Å². The van der Waals surface area contributed by atoms with Crippen molar-refractivity contribution < 1.29 is 14.7 Å². The summed E-state index contributed by atoms with van der Waals surface area (Å²) in [7, 11) is 1.47. The van der Waals surface area contributed by atoms with Crippen molar-refractivity contribution in [1.29, 1.82) is 0 Å². The van der Waals surface area contributed by atoms with Gasteiger partial charge in [0, 0.05) is 13.5 Å². The Morgan fingerprint density at radius 1 is 1.33 bits per heavy atom. The van der Waals surface area contributed by atoms with Gasteiger partial charge in [-0.15, -0.1) is 0 Å². The Bertz CT molecular complexity index is 418. The number of nitrogens with zero attached hydrogens (tertiary/aromatic N) is 1. The van der Waals surface area contributed by atoms with E-state index in [1.165, 1.54) is 11.9 Å². The number of carboxylic acid groups (broad SMARTS) is 1. The first-order valence-corrected chi connectivity index (χ1v) is 5.72. The Morgan fingerprint density at radius 3 is 2.33 bits per heavy atom. The molecule has 0 heterocycles. The maximum absolute atomic E-state index is 11.7. The first kappa shape index (κ1) is 14.2. The third-order valence-corrected chi connectivity index (χ3v) is 2.76. The van der Waals surface area contributed by atoms with E-state index in [0.29, 0.717) is 0 Å². The molecule has 3 N–H and O–H groups in total. The minimum atomic E-state index is -1.03. The molecule has 0 aliphatic rings. The van der Waals surface area contributed by atoms with Crippen molar-refractivity contribution in [2.24, 2.45) is 5.73 Å². The lowest BCUT2D eigenvalue weighted by Gasteiger charge is -2.26. The lowest BCUT2D eigenvalue weighted by Crippen LogP contribution is -2.49. The van der Waals surface area contributed by atoms with Crippen LogP contribution in [0.15, 0.2) is 30.3 Å². The molecule has 2 atom stereocenters. The molecule has 5 nitrogen and oxygen atoms in total. The second-order valence-electron chi connectivity index (χ2n) is 4.28. The minimum Gasteiger partial charge on any atom is -0.480 e. The highest BCUT2D eigenvalue weighted by atomic mass is 16.4. The average Bonchev–Trinajstić information content (AvgIpc) is 2.35. The molecular weight excluding hydrogens is 232 g/mol. The second-order valence-corrected chi connectivity index (χ2v) is 4.28. The molecule has 0 aromatic heterocycles. The summed E-state index contributed by atoms with van der Waals surface area (Å²) in [6.45, 7) is 1.54. The van der Waals surface area contributed by atoms with E-state index in [2.05, 4.69) is 0 Å². The molecule has 0 fully saturated rings. The van der Waals surface area contributed by atoms with E-state index >= 15 is 0 Å². The Labute approximate surface area is 106 Å². The second kappa shape index (κ2) is 6.16. The zero-order valence-corrected chi connectivity index (χ0v) is 10.5. The zero-order chi connectivity index (χ0) is 13.7. The summed E-state index contributed by atoms with van der Waals surface area (Å²) >= 11 is 0. The Balaban J connectivity index is 2.84. The van der Waals surface area contributed by atoms with E-state index in [4.69, 9.17) is 5.73 Å². The van der Waals surface area contributed by atoms with E-state index in [-0.39, 0.29) is 12.3 Å². The molecule has 1 rings (SSSR count). The van der Waals surface area contributed by atoms with Crippen molar-refractivity contribution in [2.45, 2.75) is 25.4 Å².